The number of carboxylic acids is 1. The summed E-state index contributed by atoms with van der Waals surface area (Å²) >= 11 is 0. The van der Waals surface area contributed by atoms with E-state index >= 15 is 0 Å². The van der Waals surface area contributed by atoms with Crippen molar-refractivity contribution in [2.75, 3.05) is 44.2 Å². The highest BCUT2D eigenvalue weighted by atomic mass is 16.5. The van der Waals surface area contributed by atoms with Gasteiger partial charge in [0.05, 0.1) is 19.1 Å². The Bertz CT molecular complexity index is 1250. The largest absolute Gasteiger partial charge is 0.493 e. The van der Waals surface area contributed by atoms with Crippen LogP contribution in [0.3, 0.4) is 0 Å². The fourth-order valence-corrected chi connectivity index (χ4v) is 6.56. The summed E-state index contributed by atoms with van der Waals surface area (Å²) in [4.78, 5) is 44.8. The molecule has 214 valence electrons. The van der Waals surface area contributed by atoms with E-state index < -0.39 is 11.9 Å². The molecule has 9 nitrogen and oxygen atoms in total. The minimum atomic E-state index is -0.854. The Balaban J connectivity index is 1.43. The Hall–Kier alpha value is -3.46. The summed E-state index contributed by atoms with van der Waals surface area (Å²) in [5, 5.41) is 10.5. The number of ether oxygens (including phenoxy) is 1. The molecule has 5 rings (SSSR count). The lowest BCUT2D eigenvalue weighted by Gasteiger charge is -2.30. The molecule has 2 amide bonds. The van der Waals surface area contributed by atoms with Crippen molar-refractivity contribution >= 4 is 23.5 Å². The van der Waals surface area contributed by atoms with E-state index in [1.54, 1.807) is 0 Å². The van der Waals surface area contributed by atoms with Crippen molar-refractivity contribution in [2.45, 2.75) is 57.4 Å². The molecule has 2 fully saturated rings. The standard InChI is InChI=1S/C31H40N4O5/c1-3-4-15-35(24-7-5-13-32(2)19-24)29(37)21-34-20-25(22-9-10-27-23(18-22)12-17-40-27)30(31(38)39)26(34)11-16-33-14-6-8-28(33)36/h5,7,9-10,13,18-19,25-26,30H,3-4,6,8,11-12,14-17,20-21H2,1-2H3/p+1/t25-,26+,30-/m1/s1. The van der Waals surface area contributed by atoms with Gasteiger partial charge in [0.25, 0.3) is 0 Å². The van der Waals surface area contributed by atoms with Crippen molar-refractivity contribution in [3.05, 3.63) is 53.9 Å². The number of amides is 2. The average Bonchev–Trinajstić information content (AvgIpc) is 3.65. The van der Waals surface area contributed by atoms with Crippen molar-refractivity contribution < 1.29 is 28.8 Å². The van der Waals surface area contributed by atoms with Crippen LogP contribution >= 0.6 is 0 Å². The van der Waals surface area contributed by atoms with Crippen molar-refractivity contribution in [1.82, 2.24) is 9.80 Å². The predicted molar refractivity (Wildman–Crippen MR) is 150 cm³/mol. The highest BCUT2D eigenvalue weighted by Gasteiger charge is 2.47. The van der Waals surface area contributed by atoms with Crippen LogP contribution in [0.2, 0.25) is 0 Å². The molecule has 1 N–H and O–H groups in total. The lowest BCUT2D eigenvalue weighted by Crippen LogP contribution is -2.46. The third-order valence-corrected chi connectivity index (χ3v) is 8.65. The third-order valence-electron chi connectivity index (χ3n) is 8.65. The van der Waals surface area contributed by atoms with Crippen LogP contribution in [0.5, 0.6) is 5.75 Å². The molecule has 3 aliphatic rings. The van der Waals surface area contributed by atoms with E-state index in [1.165, 1.54) is 0 Å². The fraction of sp³-hybridized carbons (Fsp3) is 0.548. The minimum absolute atomic E-state index is 0.0333. The molecule has 0 unspecified atom stereocenters. The monoisotopic (exact) mass is 549 g/mol. The Labute approximate surface area is 236 Å². The molecular weight excluding hydrogens is 508 g/mol. The summed E-state index contributed by atoms with van der Waals surface area (Å²) in [5.41, 5.74) is 2.93. The van der Waals surface area contributed by atoms with Gasteiger partial charge in [-0.15, -0.1) is 0 Å². The second-order valence-electron chi connectivity index (χ2n) is 11.3. The Morgan fingerprint density at radius 3 is 2.80 bits per heavy atom. The van der Waals surface area contributed by atoms with Crippen LogP contribution in [0.4, 0.5) is 5.69 Å². The number of carbonyl (C=O) groups excluding carboxylic acids is 2. The number of carboxylic acid groups (broad SMARTS) is 1. The lowest BCUT2D eigenvalue weighted by atomic mass is 9.83. The number of hydrogen-bond donors (Lipinski definition) is 1. The number of hydrogen-bond acceptors (Lipinski definition) is 5. The van der Waals surface area contributed by atoms with Gasteiger partial charge in [0.2, 0.25) is 11.8 Å². The molecule has 0 aliphatic carbocycles. The molecule has 4 heterocycles. The van der Waals surface area contributed by atoms with E-state index in [1.807, 2.05) is 58.1 Å². The quantitative estimate of drug-likeness (QED) is 0.434. The number of aromatic nitrogens is 1. The number of aryl methyl sites for hydroxylation is 1. The summed E-state index contributed by atoms with van der Waals surface area (Å²) in [6.07, 6.45) is 8.46. The molecule has 9 heteroatoms. The number of aliphatic carboxylic acids is 1. The maximum Gasteiger partial charge on any atom is 0.308 e. The van der Waals surface area contributed by atoms with Crippen LogP contribution in [-0.4, -0.2) is 78.1 Å². The van der Waals surface area contributed by atoms with E-state index in [0.29, 0.717) is 45.6 Å². The smallest absolute Gasteiger partial charge is 0.308 e. The average molecular weight is 550 g/mol. The first-order valence-corrected chi connectivity index (χ1v) is 14.6. The van der Waals surface area contributed by atoms with Crippen LogP contribution in [-0.2, 0) is 27.9 Å². The molecular formula is C31H41N4O5+. The second kappa shape index (κ2) is 12.4. The van der Waals surface area contributed by atoms with Gasteiger partial charge in [-0.1, -0.05) is 25.5 Å². The third kappa shape index (κ3) is 5.99. The number of fused-ring (bicyclic) bond motifs is 1. The number of pyridine rings is 1. The van der Waals surface area contributed by atoms with Gasteiger partial charge in [-0.3, -0.25) is 19.3 Å². The van der Waals surface area contributed by atoms with Gasteiger partial charge in [0.1, 0.15) is 18.5 Å². The number of anilines is 1. The molecule has 0 bridgehead atoms. The number of benzene rings is 1. The van der Waals surface area contributed by atoms with Gasteiger partial charge in [-0.25, -0.2) is 4.57 Å². The van der Waals surface area contributed by atoms with Gasteiger partial charge >= 0.3 is 5.97 Å². The van der Waals surface area contributed by atoms with Crippen LogP contribution in [0.1, 0.15) is 56.1 Å². The molecule has 2 saturated heterocycles. The zero-order valence-electron chi connectivity index (χ0n) is 23.6. The van der Waals surface area contributed by atoms with E-state index in [2.05, 4.69) is 17.9 Å². The number of likely N-dealkylation sites (tertiary alicyclic amines) is 2. The normalized spacial score (nSPS) is 22.4. The Kier molecular flexibility index (Phi) is 8.69. The van der Waals surface area contributed by atoms with E-state index in [-0.39, 0.29) is 30.3 Å². The van der Waals surface area contributed by atoms with Crippen LogP contribution in [0.15, 0.2) is 42.7 Å². The van der Waals surface area contributed by atoms with Crippen molar-refractivity contribution in [1.29, 1.82) is 0 Å². The van der Waals surface area contributed by atoms with Gasteiger partial charge < -0.3 is 19.6 Å². The zero-order chi connectivity index (χ0) is 28.2. The molecule has 3 atom stereocenters. The SMILES string of the molecule is CCCCN(C(=O)CN1C[C@H](c2ccc3c(c2)CCO3)[C@@H](C(=O)O)[C@@H]1CCN1CCCC1=O)c1ccc[n+](C)c1. The molecule has 2 aromatic rings. The first kappa shape index (κ1) is 28.1. The van der Waals surface area contributed by atoms with Gasteiger partial charge in [-0.2, -0.15) is 0 Å². The van der Waals surface area contributed by atoms with E-state index in [4.69, 9.17) is 4.74 Å². The van der Waals surface area contributed by atoms with E-state index in [0.717, 1.165) is 48.2 Å². The zero-order valence-corrected chi connectivity index (χ0v) is 23.6. The van der Waals surface area contributed by atoms with E-state index in [9.17, 15) is 19.5 Å². The Morgan fingerprint density at radius 1 is 1.23 bits per heavy atom. The van der Waals surface area contributed by atoms with Gasteiger partial charge in [0, 0.05) is 57.0 Å². The minimum Gasteiger partial charge on any atom is -0.493 e. The predicted octanol–water partition coefficient (Wildman–Crippen LogP) is 2.76. The lowest BCUT2D eigenvalue weighted by molar-refractivity contribution is -0.670. The Morgan fingerprint density at radius 2 is 2.08 bits per heavy atom. The molecule has 0 saturated carbocycles. The first-order valence-electron chi connectivity index (χ1n) is 14.6. The summed E-state index contributed by atoms with van der Waals surface area (Å²) in [7, 11) is 1.94. The van der Waals surface area contributed by atoms with Crippen LogP contribution in [0, 0.1) is 5.92 Å². The maximum atomic E-state index is 13.9. The van der Waals surface area contributed by atoms with Gasteiger partial charge in [-0.05, 0) is 42.5 Å². The summed E-state index contributed by atoms with van der Waals surface area (Å²) in [5.74, 6) is -0.822. The van der Waals surface area contributed by atoms with Crippen LogP contribution in [0.25, 0.3) is 0 Å². The van der Waals surface area contributed by atoms with Crippen molar-refractivity contribution in [2.24, 2.45) is 13.0 Å². The molecule has 1 aromatic carbocycles. The number of nitrogens with zero attached hydrogens (tertiary/aromatic N) is 4. The molecule has 0 radical (unpaired) electrons. The summed E-state index contributed by atoms with van der Waals surface area (Å²) in [6, 6.07) is 9.54. The molecule has 1 aromatic heterocycles. The van der Waals surface area contributed by atoms with Crippen molar-refractivity contribution in [3.63, 3.8) is 0 Å². The fourth-order valence-electron chi connectivity index (χ4n) is 6.56. The highest BCUT2D eigenvalue weighted by Crippen LogP contribution is 2.41. The molecule has 40 heavy (non-hydrogen) atoms. The second-order valence-corrected chi connectivity index (χ2v) is 11.3. The maximum absolute atomic E-state index is 13.9. The number of carbonyl (C=O) groups is 3. The first-order chi connectivity index (χ1) is 19.4. The van der Waals surface area contributed by atoms with Gasteiger partial charge in [0.15, 0.2) is 12.4 Å². The summed E-state index contributed by atoms with van der Waals surface area (Å²) < 4.78 is 7.62. The van der Waals surface area contributed by atoms with Crippen LogP contribution < -0.4 is 14.2 Å². The highest BCUT2D eigenvalue weighted by molar-refractivity contribution is 5.94. The number of rotatable bonds is 11. The molecule has 0 spiro atoms. The topological polar surface area (TPSA) is 94.3 Å². The molecule has 3 aliphatic heterocycles. The number of unbranched alkanes of at least 4 members (excludes halogenated alkanes) is 1. The summed E-state index contributed by atoms with van der Waals surface area (Å²) in [6.45, 7) is 5.19. The van der Waals surface area contributed by atoms with Crippen molar-refractivity contribution in [3.8, 4) is 5.75 Å².